The summed E-state index contributed by atoms with van der Waals surface area (Å²) in [6.45, 7) is 2.75. The summed E-state index contributed by atoms with van der Waals surface area (Å²) in [6, 6.07) is 13.1. The molecule has 28 heavy (non-hydrogen) atoms. The zero-order valence-electron chi connectivity index (χ0n) is 15.2. The van der Waals surface area contributed by atoms with E-state index in [9.17, 15) is 13.2 Å². The molecule has 0 bridgehead atoms. The molecule has 2 aromatic carbocycles. The van der Waals surface area contributed by atoms with Crippen molar-refractivity contribution in [3.63, 3.8) is 0 Å². The highest BCUT2D eigenvalue weighted by molar-refractivity contribution is 7.92. The first-order valence-corrected chi connectivity index (χ1v) is 10.2. The molecule has 142 valence electrons. The summed E-state index contributed by atoms with van der Waals surface area (Å²) in [7, 11) is -3.68. The Kier molecular flexibility index (Phi) is 4.56. The predicted octanol–water partition coefficient (Wildman–Crippen LogP) is 2.74. The summed E-state index contributed by atoms with van der Waals surface area (Å²) >= 11 is 0. The number of aryl methyl sites for hydroxylation is 1. The van der Waals surface area contributed by atoms with E-state index in [0.717, 1.165) is 16.8 Å². The summed E-state index contributed by atoms with van der Waals surface area (Å²) in [5, 5.41) is 0. The van der Waals surface area contributed by atoms with Gasteiger partial charge in [-0.05, 0) is 48.9 Å². The van der Waals surface area contributed by atoms with Crippen molar-refractivity contribution in [1.29, 1.82) is 0 Å². The lowest BCUT2D eigenvalue weighted by Gasteiger charge is -2.15. The number of sulfonamides is 1. The lowest BCUT2D eigenvalue weighted by molar-refractivity contribution is 0.0750. The van der Waals surface area contributed by atoms with E-state index in [0.29, 0.717) is 24.3 Å². The average Bonchev–Trinajstić information content (AvgIpc) is 3.12. The molecule has 0 spiro atoms. The largest absolute Gasteiger partial charge is 0.328 e. The van der Waals surface area contributed by atoms with Gasteiger partial charge in [-0.1, -0.05) is 12.1 Å². The Balaban J connectivity index is 1.48. The number of anilines is 1. The van der Waals surface area contributed by atoms with Crippen molar-refractivity contribution < 1.29 is 13.2 Å². The molecule has 1 aliphatic heterocycles. The quantitative estimate of drug-likeness (QED) is 0.735. The van der Waals surface area contributed by atoms with E-state index in [-0.39, 0.29) is 10.8 Å². The molecule has 1 aromatic heterocycles. The number of rotatable bonds is 4. The molecule has 1 aliphatic rings. The van der Waals surface area contributed by atoms with Gasteiger partial charge in [-0.25, -0.2) is 18.4 Å². The van der Waals surface area contributed by atoms with Gasteiger partial charge in [-0.3, -0.25) is 9.52 Å². The number of carbonyl (C=O) groups excluding carboxylic acids is 1. The van der Waals surface area contributed by atoms with Gasteiger partial charge < -0.3 is 4.90 Å². The molecule has 1 N–H and O–H groups in total. The fourth-order valence-electron chi connectivity index (χ4n) is 3.10. The summed E-state index contributed by atoms with van der Waals surface area (Å²) in [5.74, 6) is -0.133. The molecule has 0 saturated heterocycles. The second kappa shape index (κ2) is 7.05. The Labute approximate surface area is 163 Å². The highest BCUT2D eigenvalue weighted by atomic mass is 32.2. The molecule has 8 heteroatoms. The van der Waals surface area contributed by atoms with Gasteiger partial charge in [0, 0.05) is 29.6 Å². The fraction of sp³-hybridized carbons (Fsp3) is 0.150. The number of nitrogens with zero attached hydrogens (tertiary/aromatic N) is 3. The van der Waals surface area contributed by atoms with Gasteiger partial charge in [0.25, 0.3) is 15.9 Å². The van der Waals surface area contributed by atoms with Crippen molar-refractivity contribution in [2.24, 2.45) is 0 Å². The molecule has 3 aromatic rings. The Bertz CT molecular complexity index is 1120. The van der Waals surface area contributed by atoms with Gasteiger partial charge in [0.15, 0.2) is 0 Å². The van der Waals surface area contributed by atoms with E-state index in [1.54, 1.807) is 53.6 Å². The summed E-state index contributed by atoms with van der Waals surface area (Å²) in [6.07, 6.45) is 3.20. The van der Waals surface area contributed by atoms with Crippen molar-refractivity contribution in [1.82, 2.24) is 14.9 Å². The average molecular weight is 394 g/mol. The van der Waals surface area contributed by atoms with Crippen molar-refractivity contribution >= 4 is 21.6 Å². The number of hydrogen-bond acceptors (Lipinski definition) is 5. The number of fused-ring (bicyclic) bond motifs is 1. The summed E-state index contributed by atoms with van der Waals surface area (Å²) in [4.78, 5) is 22.8. The van der Waals surface area contributed by atoms with Crippen LogP contribution in [0.15, 0.2) is 66.0 Å². The number of amides is 1. The van der Waals surface area contributed by atoms with Crippen LogP contribution in [-0.2, 0) is 23.1 Å². The van der Waals surface area contributed by atoms with Gasteiger partial charge in [-0.2, -0.15) is 0 Å². The Morgan fingerprint density at radius 1 is 1.11 bits per heavy atom. The van der Waals surface area contributed by atoms with Crippen molar-refractivity contribution in [3.8, 4) is 0 Å². The number of benzene rings is 2. The molecule has 7 nitrogen and oxygen atoms in total. The molecular formula is C20H18N4O3S. The van der Waals surface area contributed by atoms with Crippen LogP contribution in [0.4, 0.5) is 5.69 Å². The third-order valence-corrected chi connectivity index (χ3v) is 5.93. The molecule has 0 radical (unpaired) electrons. The molecular weight excluding hydrogens is 376 g/mol. The van der Waals surface area contributed by atoms with Crippen LogP contribution in [0.2, 0.25) is 0 Å². The zero-order valence-corrected chi connectivity index (χ0v) is 16.0. The lowest BCUT2D eigenvalue weighted by Crippen LogP contribution is -2.25. The molecule has 0 saturated carbocycles. The number of aromatic nitrogens is 2. The Hall–Kier alpha value is -3.26. The van der Waals surface area contributed by atoms with Crippen LogP contribution in [0.5, 0.6) is 0 Å². The normalized spacial score (nSPS) is 13.2. The Morgan fingerprint density at radius 3 is 2.61 bits per heavy atom. The lowest BCUT2D eigenvalue weighted by atomic mass is 10.2. The monoisotopic (exact) mass is 394 g/mol. The van der Waals surface area contributed by atoms with Gasteiger partial charge in [0.1, 0.15) is 6.33 Å². The van der Waals surface area contributed by atoms with Crippen LogP contribution in [0.1, 0.15) is 27.2 Å². The van der Waals surface area contributed by atoms with Crippen LogP contribution >= 0.6 is 0 Å². The van der Waals surface area contributed by atoms with E-state index < -0.39 is 10.0 Å². The molecule has 0 atom stereocenters. The van der Waals surface area contributed by atoms with Crippen LogP contribution in [0.25, 0.3) is 0 Å². The highest BCUT2D eigenvalue weighted by Crippen LogP contribution is 2.23. The van der Waals surface area contributed by atoms with E-state index in [1.807, 2.05) is 13.0 Å². The maximum atomic E-state index is 12.7. The van der Waals surface area contributed by atoms with Crippen LogP contribution in [0, 0.1) is 6.92 Å². The summed E-state index contributed by atoms with van der Waals surface area (Å²) in [5.41, 5.74) is 3.54. The molecule has 2 heterocycles. The SMILES string of the molecule is Cc1cccc(S(=O)(=O)Nc2ccc(C(=O)N3Cc4cncnc4C3)cc2)c1. The van der Waals surface area contributed by atoms with E-state index in [4.69, 9.17) is 0 Å². The van der Waals surface area contributed by atoms with E-state index >= 15 is 0 Å². The van der Waals surface area contributed by atoms with Gasteiger partial charge >= 0.3 is 0 Å². The predicted molar refractivity (Wildman–Crippen MR) is 104 cm³/mol. The van der Waals surface area contributed by atoms with Crippen LogP contribution < -0.4 is 4.72 Å². The molecule has 1 amide bonds. The molecule has 0 aliphatic carbocycles. The van der Waals surface area contributed by atoms with Crippen LogP contribution in [-0.4, -0.2) is 29.2 Å². The van der Waals surface area contributed by atoms with Crippen LogP contribution in [0.3, 0.4) is 0 Å². The maximum absolute atomic E-state index is 12.7. The number of nitrogens with one attached hydrogen (secondary N) is 1. The third-order valence-electron chi connectivity index (χ3n) is 4.55. The van der Waals surface area contributed by atoms with Gasteiger partial charge in [-0.15, -0.1) is 0 Å². The standard InChI is InChI=1S/C20H18N4O3S/c1-14-3-2-4-18(9-14)28(26,27)23-17-7-5-15(6-8-17)20(25)24-11-16-10-21-13-22-19(16)12-24/h2-10,13,23H,11-12H2,1H3. The fourth-order valence-corrected chi connectivity index (χ4v) is 4.27. The van der Waals surface area contributed by atoms with Gasteiger partial charge in [0.2, 0.25) is 0 Å². The molecule has 0 fully saturated rings. The minimum absolute atomic E-state index is 0.133. The first-order chi connectivity index (χ1) is 13.4. The Morgan fingerprint density at radius 2 is 1.89 bits per heavy atom. The minimum atomic E-state index is -3.68. The van der Waals surface area contributed by atoms with Crippen molar-refractivity contribution in [3.05, 3.63) is 83.4 Å². The van der Waals surface area contributed by atoms with Crippen molar-refractivity contribution in [2.45, 2.75) is 24.9 Å². The van der Waals surface area contributed by atoms with Crippen molar-refractivity contribution in [2.75, 3.05) is 4.72 Å². The number of hydrogen-bond donors (Lipinski definition) is 1. The second-order valence-corrected chi connectivity index (χ2v) is 8.34. The maximum Gasteiger partial charge on any atom is 0.261 e. The zero-order chi connectivity index (χ0) is 19.7. The van der Waals surface area contributed by atoms with E-state index in [2.05, 4.69) is 14.7 Å². The topological polar surface area (TPSA) is 92.3 Å². The van der Waals surface area contributed by atoms with Gasteiger partial charge in [0.05, 0.1) is 17.1 Å². The number of carbonyl (C=O) groups is 1. The summed E-state index contributed by atoms with van der Waals surface area (Å²) < 4.78 is 27.6. The molecule has 4 rings (SSSR count). The first-order valence-electron chi connectivity index (χ1n) is 8.69. The first kappa shape index (κ1) is 18.1. The third kappa shape index (κ3) is 3.59. The van der Waals surface area contributed by atoms with E-state index in [1.165, 1.54) is 6.33 Å². The smallest absolute Gasteiger partial charge is 0.261 e. The minimum Gasteiger partial charge on any atom is -0.328 e. The molecule has 0 unspecified atom stereocenters. The highest BCUT2D eigenvalue weighted by Gasteiger charge is 2.25. The second-order valence-electron chi connectivity index (χ2n) is 6.66.